The molecule has 1 aliphatic heterocycles. The van der Waals surface area contributed by atoms with E-state index in [2.05, 4.69) is 39.5 Å². The van der Waals surface area contributed by atoms with Crippen molar-refractivity contribution in [3.05, 3.63) is 0 Å². The Hall–Kier alpha value is -0.120. The second kappa shape index (κ2) is 5.58. The smallest absolute Gasteiger partial charge is 0.0622 e. The van der Waals surface area contributed by atoms with E-state index >= 15 is 0 Å². The minimum Gasteiger partial charge on any atom is -0.378 e. The van der Waals surface area contributed by atoms with Gasteiger partial charge in [0.1, 0.15) is 0 Å². The molecular weight excluding hydrogens is 248 g/mol. The number of nitrogens with zero attached hydrogens (tertiary/aromatic N) is 1. The Labute approximate surface area is 125 Å². The summed E-state index contributed by atoms with van der Waals surface area (Å²) in [6, 6.07) is 0.539. The SMILES string of the molecule is CCC1COCCN1C1(CN)CC(C)(C)CC(C)(C)C1. The fourth-order valence-corrected chi connectivity index (χ4v) is 5.35. The van der Waals surface area contributed by atoms with E-state index in [9.17, 15) is 0 Å². The molecule has 0 amide bonds. The number of hydrogen-bond donors (Lipinski definition) is 1. The zero-order valence-corrected chi connectivity index (χ0v) is 14.2. The van der Waals surface area contributed by atoms with Crippen LogP contribution in [0.15, 0.2) is 0 Å². The van der Waals surface area contributed by atoms with Crippen LogP contribution in [0, 0.1) is 10.8 Å². The molecular formula is C17H34N2O. The van der Waals surface area contributed by atoms with Crippen molar-refractivity contribution in [1.82, 2.24) is 4.90 Å². The fourth-order valence-electron chi connectivity index (χ4n) is 5.35. The van der Waals surface area contributed by atoms with Crippen LogP contribution < -0.4 is 5.73 Å². The average Bonchev–Trinajstić information content (AvgIpc) is 2.35. The molecule has 2 N–H and O–H groups in total. The molecule has 1 heterocycles. The zero-order valence-electron chi connectivity index (χ0n) is 14.2. The fraction of sp³-hybridized carbons (Fsp3) is 1.00. The van der Waals surface area contributed by atoms with Crippen molar-refractivity contribution >= 4 is 0 Å². The molecule has 2 fully saturated rings. The van der Waals surface area contributed by atoms with Crippen LogP contribution in [-0.2, 0) is 4.74 Å². The van der Waals surface area contributed by atoms with Crippen molar-refractivity contribution in [2.75, 3.05) is 26.3 Å². The largest absolute Gasteiger partial charge is 0.378 e. The van der Waals surface area contributed by atoms with Gasteiger partial charge >= 0.3 is 0 Å². The van der Waals surface area contributed by atoms with Crippen molar-refractivity contribution in [1.29, 1.82) is 0 Å². The van der Waals surface area contributed by atoms with E-state index in [1.165, 1.54) is 19.3 Å². The topological polar surface area (TPSA) is 38.5 Å². The molecule has 1 unspecified atom stereocenters. The van der Waals surface area contributed by atoms with Crippen LogP contribution in [0.5, 0.6) is 0 Å². The third-order valence-corrected chi connectivity index (χ3v) is 5.26. The predicted octanol–water partition coefficient (Wildman–Crippen LogP) is 3.03. The van der Waals surface area contributed by atoms with Crippen molar-refractivity contribution in [3.63, 3.8) is 0 Å². The van der Waals surface area contributed by atoms with Gasteiger partial charge in [-0.1, -0.05) is 34.6 Å². The van der Waals surface area contributed by atoms with Crippen LogP contribution in [-0.4, -0.2) is 42.8 Å². The molecule has 1 saturated carbocycles. The molecule has 1 aliphatic carbocycles. The summed E-state index contributed by atoms with van der Waals surface area (Å²) < 4.78 is 5.71. The summed E-state index contributed by atoms with van der Waals surface area (Å²) in [6.45, 7) is 15.5. The van der Waals surface area contributed by atoms with Gasteiger partial charge in [0.2, 0.25) is 0 Å². The van der Waals surface area contributed by atoms with E-state index in [-0.39, 0.29) is 5.54 Å². The maximum atomic E-state index is 6.35. The molecule has 0 aromatic carbocycles. The minimum atomic E-state index is 0.162. The highest BCUT2D eigenvalue weighted by Crippen LogP contribution is 2.52. The minimum absolute atomic E-state index is 0.162. The van der Waals surface area contributed by atoms with Crippen molar-refractivity contribution in [2.24, 2.45) is 16.6 Å². The second-order valence-corrected chi connectivity index (χ2v) is 8.62. The Morgan fingerprint density at radius 2 is 1.70 bits per heavy atom. The molecule has 3 nitrogen and oxygen atoms in total. The third kappa shape index (κ3) is 3.20. The van der Waals surface area contributed by atoms with Gasteiger partial charge in [-0.2, -0.15) is 0 Å². The van der Waals surface area contributed by atoms with E-state index in [1.54, 1.807) is 0 Å². The zero-order chi connectivity index (χ0) is 15.0. The molecule has 1 atom stereocenters. The molecule has 0 aromatic heterocycles. The summed E-state index contributed by atoms with van der Waals surface area (Å²) in [7, 11) is 0. The number of morpholine rings is 1. The lowest BCUT2D eigenvalue weighted by Gasteiger charge is -2.58. The van der Waals surface area contributed by atoms with Crippen molar-refractivity contribution < 1.29 is 4.74 Å². The molecule has 118 valence electrons. The van der Waals surface area contributed by atoms with Crippen LogP contribution in [0.1, 0.15) is 60.3 Å². The van der Waals surface area contributed by atoms with Crippen LogP contribution in [0.3, 0.4) is 0 Å². The maximum absolute atomic E-state index is 6.35. The number of nitrogens with two attached hydrogens (primary N) is 1. The van der Waals surface area contributed by atoms with Crippen molar-refractivity contribution in [3.8, 4) is 0 Å². The highest BCUT2D eigenvalue weighted by molar-refractivity contribution is 5.06. The van der Waals surface area contributed by atoms with Gasteiger partial charge in [0.25, 0.3) is 0 Å². The van der Waals surface area contributed by atoms with Gasteiger partial charge in [0.05, 0.1) is 13.2 Å². The first-order valence-electron chi connectivity index (χ1n) is 8.28. The van der Waals surface area contributed by atoms with E-state index < -0.39 is 0 Å². The number of ether oxygens (including phenoxy) is 1. The Morgan fingerprint density at radius 3 is 2.20 bits per heavy atom. The Bertz CT molecular complexity index is 322. The summed E-state index contributed by atoms with van der Waals surface area (Å²) in [4.78, 5) is 2.71. The Balaban J connectivity index is 2.31. The van der Waals surface area contributed by atoms with Crippen LogP contribution in [0.25, 0.3) is 0 Å². The molecule has 2 rings (SSSR count). The van der Waals surface area contributed by atoms with E-state index in [1.807, 2.05) is 0 Å². The van der Waals surface area contributed by atoms with E-state index in [0.29, 0.717) is 16.9 Å². The normalized spacial score (nSPS) is 33.0. The van der Waals surface area contributed by atoms with Gasteiger partial charge < -0.3 is 10.5 Å². The first-order valence-corrected chi connectivity index (χ1v) is 8.28. The molecule has 2 aliphatic rings. The lowest BCUT2D eigenvalue weighted by atomic mass is 9.57. The average molecular weight is 282 g/mol. The third-order valence-electron chi connectivity index (χ3n) is 5.26. The standard InChI is InChI=1S/C17H34N2O/c1-6-14-9-20-8-7-19(14)17(13-18)11-15(2,3)10-16(4,5)12-17/h14H,6-13,18H2,1-5H3. The first kappa shape index (κ1) is 16.3. The summed E-state index contributed by atoms with van der Waals surface area (Å²) in [6.07, 6.45) is 4.89. The summed E-state index contributed by atoms with van der Waals surface area (Å²) >= 11 is 0. The lowest BCUT2D eigenvalue weighted by Crippen LogP contribution is -2.65. The highest BCUT2D eigenvalue weighted by atomic mass is 16.5. The quantitative estimate of drug-likeness (QED) is 0.864. The van der Waals surface area contributed by atoms with E-state index in [4.69, 9.17) is 10.5 Å². The molecule has 0 aromatic rings. The first-order chi connectivity index (χ1) is 9.24. The van der Waals surface area contributed by atoms with Crippen LogP contribution in [0.4, 0.5) is 0 Å². The number of hydrogen-bond acceptors (Lipinski definition) is 3. The molecule has 0 bridgehead atoms. The molecule has 0 radical (unpaired) electrons. The molecule has 0 spiro atoms. The summed E-state index contributed by atoms with van der Waals surface area (Å²) in [5.41, 5.74) is 7.25. The Kier molecular flexibility index (Phi) is 4.54. The molecule has 1 saturated heterocycles. The van der Waals surface area contributed by atoms with Crippen LogP contribution >= 0.6 is 0 Å². The lowest BCUT2D eigenvalue weighted by molar-refractivity contribution is -0.112. The van der Waals surface area contributed by atoms with Gasteiger partial charge in [-0.25, -0.2) is 0 Å². The summed E-state index contributed by atoms with van der Waals surface area (Å²) in [5.74, 6) is 0. The van der Waals surface area contributed by atoms with Gasteiger partial charge in [0, 0.05) is 24.7 Å². The second-order valence-electron chi connectivity index (χ2n) is 8.62. The monoisotopic (exact) mass is 282 g/mol. The van der Waals surface area contributed by atoms with Gasteiger partial charge in [0.15, 0.2) is 0 Å². The van der Waals surface area contributed by atoms with Gasteiger partial charge in [-0.3, -0.25) is 4.90 Å². The van der Waals surface area contributed by atoms with E-state index in [0.717, 1.165) is 32.7 Å². The maximum Gasteiger partial charge on any atom is 0.0622 e. The van der Waals surface area contributed by atoms with Gasteiger partial charge in [-0.15, -0.1) is 0 Å². The van der Waals surface area contributed by atoms with Crippen LogP contribution in [0.2, 0.25) is 0 Å². The predicted molar refractivity (Wildman–Crippen MR) is 84.8 cm³/mol. The summed E-state index contributed by atoms with van der Waals surface area (Å²) in [5, 5.41) is 0. The molecule has 3 heteroatoms. The van der Waals surface area contributed by atoms with Gasteiger partial charge in [-0.05, 0) is 36.5 Å². The van der Waals surface area contributed by atoms with Crippen molar-refractivity contribution in [2.45, 2.75) is 71.9 Å². The highest BCUT2D eigenvalue weighted by Gasteiger charge is 2.51. The Morgan fingerprint density at radius 1 is 1.10 bits per heavy atom. The molecule has 20 heavy (non-hydrogen) atoms. The number of rotatable bonds is 3.